The van der Waals surface area contributed by atoms with E-state index < -0.39 is 20.8 Å². The summed E-state index contributed by atoms with van der Waals surface area (Å²) < 4.78 is 0. The fourth-order valence-electron chi connectivity index (χ4n) is 3.58. The van der Waals surface area contributed by atoms with E-state index in [4.69, 9.17) is 17.0 Å². The summed E-state index contributed by atoms with van der Waals surface area (Å²) in [6.07, 6.45) is 0. The van der Waals surface area contributed by atoms with Crippen LogP contribution in [0.25, 0.3) is 32.7 Å². The van der Waals surface area contributed by atoms with Gasteiger partial charge >= 0.3 is 37.9 Å². The molecule has 0 saturated heterocycles. The Kier molecular flexibility index (Phi) is 6.67. The normalized spacial score (nSPS) is 10.8. The molecule has 0 aliphatic rings. The van der Waals surface area contributed by atoms with E-state index in [9.17, 15) is 0 Å². The molecule has 0 aliphatic heterocycles. The van der Waals surface area contributed by atoms with Gasteiger partial charge in [0.1, 0.15) is 0 Å². The Morgan fingerprint density at radius 3 is 2.19 bits per heavy atom. The van der Waals surface area contributed by atoms with E-state index in [-0.39, 0.29) is 0 Å². The fourth-order valence-corrected chi connectivity index (χ4v) is 3.58. The van der Waals surface area contributed by atoms with Crippen molar-refractivity contribution < 1.29 is 20.8 Å². The van der Waals surface area contributed by atoms with Crippen molar-refractivity contribution in [1.29, 1.82) is 0 Å². The standard InChI is InChI=1S/C23H21.2ClH.Zr/c1-15(2)19-13-18-10-6-11-20(22(18)14-19)21-12-5-9-17-8-4-7-16(3)23(17)21;;;/h4-15H,1-3H3;2*1H;/q-1;;;+2/p-2. The average molecular weight is 460 g/mol. The predicted molar refractivity (Wildman–Crippen MR) is 113 cm³/mol. The number of rotatable bonds is 2. The first-order valence-electron chi connectivity index (χ1n) is 8.71. The number of aryl methyl sites for hydroxylation is 1. The molecule has 132 valence electrons. The number of fused-ring (bicyclic) bond motifs is 2. The van der Waals surface area contributed by atoms with E-state index in [1.807, 2.05) is 0 Å². The quantitative estimate of drug-likeness (QED) is 0.265. The summed E-state index contributed by atoms with van der Waals surface area (Å²) >= 11 is -0.826. The molecule has 0 bridgehead atoms. The van der Waals surface area contributed by atoms with Gasteiger partial charge in [-0.2, -0.15) is 6.07 Å². The molecule has 0 spiro atoms. The van der Waals surface area contributed by atoms with Crippen molar-refractivity contribution in [2.45, 2.75) is 26.7 Å². The monoisotopic (exact) mass is 457 g/mol. The number of hydrogen-bond donors (Lipinski definition) is 0. The van der Waals surface area contributed by atoms with E-state index >= 15 is 0 Å². The molecular formula is C23H21Cl2Zr-. The van der Waals surface area contributed by atoms with Crippen LogP contribution >= 0.6 is 17.0 Å². The fraction of sp³-hybridized carbons (Fsp3) is 0.174. The molecule has 0 aliphatic carbocycles. The molecule has 4 aromatic carbocycles. The first-order chi connectivity index (χ1) is 12.6. The van der Waals surface area contributed by atoms with Gasteiger partial charge in [-0.05, 0) is 34.7 Å². The van der Waals surface area contributed by atoms with Gasteiger partial charge in [0.2, 0.25) is 0 Å². The van der Waals surface area contributed by atoms with Crippen LogP contribution in [0.5, 0.6) is 0 Å². The Balaban J connectivity index is 0.000000613. The maximum absolute atomic E-state index is 4.93. The summed E-state index contributed by atoms with van der Waals surface area (Å²) in [5, 5.41) is 5.40. The summed E-state index contributed by atoms with van der Waals surface area (Å²) in [6.45, 7) is 6.72. The minimum absolute atomic E-state index is 0.560. The molecule has 0 nitrogen and oxygen atoms in total. The maximum atomic E-state index is 4.93. The van der Waals surface area contributed by atoms with Crippen molar-refractivity contribution in [1.82, 2.24) is 0 Å². The Hall–Kier alpha value is -1.01. The van der Waals surface area contributed by atoms with Gasteiger partial charge in [0.15, 0.2) is 0 Å². The third kappa shape index (κ3) is 3.96. The van der Waals surface area contributed by atoms with Gasteiger partial charge in [-0.1, -0.05) is 61.9 Å². The number of hydrogen-bond acceptors (Lipinski definition) is 0. The molecule has 4 aromatic rings. The second-order valence-corrected chi connectivity index (χ2v) is 10.5. The van der Waals surface area contributed by atoms with Crippen molar-refractivity contribution in [3.63, 3.8) is 0 Å². The van der Waals surface area contributed by atoms with Crippen molar-refractivity contribution in [3.8, 4) is 11.1 Å². The molecule has 0 amide bonds. The van der Waals surface area contributed by atoms with Crippen LogP contribution in [-0.2, 0) is 20.8 Å². The van der Waals surface area contributed by atoms with Crippen LogP contribution in [0.2, 0.25) is 0 Å². The Labute approximate surface area is 174 Å². The van der Waals surface area contributed by atoms with Gasteiger partial charge in [-0.25, -0.2) is 0 Å². The van der Waals surface area contributed by atoms with E-state index in [1.165, 1.54) is 43.8 Å². The van der Waals surface area contributed by atoms with Crippen LogP contribution in [0, 0.1) is 6.92 Å². The summed E-state index contributed by atoms with van der Waals surface area (Å²) in [7, 11) is 9.87. The van der Waals surface area contributed by atoms with Gasteiger partial charge in [-0.15, -0.1) is 34.5 Å². The minimum atomic E-state index is -0.826. The molecule has 0 N–H and O–H groups in total. The molecular weight excluding hydrogens is 438 g/mol. The summed E-state index contributed by atoms with van der Waals surface area (Å²) in [6, 6.07) is 24.5. The van der Waals surface area contributed by atoms with Gasteiger partial charge in [-0.3, -0.25) is 0 Å². The molecule has 0 fully saturated rings. The van der Waals surface area contributed by atoms with Crippen LogP contribution in [0.1, 0.15) is 30.9 Å². The Morgan fingerprint density at radius 2 is 1.50 bits per heavy atom. The van der Waals surface area contributed by atoms with Gasteiger partial charge in [0.05, 0.1) is 0 Å². The van der Waals surface area contributed by atoms with Crippen molar-refractivity contribution in [2.75, 3.05) is 0 Å². The van der Waals surface area contributed by atoms with Crippen LogP contribution in [-0.4, -0.2) is 0 Å². The number of benzene rings is 3. The van der Waals surface area contributed by atoms with Crippen LogP contribution in [0.15, 0.2) is 66.7 Å². The van der Waals surface area contributed by atoms with E-state index in [1.54, 1.807) is 0 Å². The topological polar surface area (TPSA) is 0 Å². The zero-order valence-electron chi connectivity index (χ0n) is 15.2. The molecule has 0 aromatic heterocycles. The third-order valence-corrected chi connectivity index (χ3v) is 4.84. The van der Waals surface area contributed by atoms with E-state index in [0.717, 1.165) is 0 Å². The third-order valence-electron chi connectivity index (χ3n) is 4.84. The Morgan fingerprint density at radius 1 is 0.885 bits per heavy atom. The SMILES string of the molecule is Cc1cccc2cccc(-c3cccc4[cH-]c(C(C)C)cc34)c12.[Cl][Zr][Cl]. The first kappa shape index (κ1) is 19.7. The first-order valence-corrected chi connectivity index (χ1v) is 15.0. The van der Waals surface area contributed by atoms with Crippen molar-refractivity contribution in [3.05, 3.63) is 77.9 Å². The van der Waals surface area contributed by atoms with Crippen molar-refractivity contribution in [2.24, 2.45) is 0 Å². The zero-order valence-corrected chi connectivity index (χ0v) is 19.2. The summed E-state index contributed by atoms with van der Waals surface area (Å²) in [4.78, 5) is 0. The molecule has 26 heavy (non-hydrogen) atoms. The van der Waals surface area contributed by atoms with Crippen LogP contribution < -0.4 is 0 Å². The van der Waals surface area contributed by atoms with Crippen LogP contribution in [0.3, 0.4) is 0 Å². The molecule has 0 heterocycles. The molecule has 0 radical (unpaired) electrons. The van der Waals surface area contributed by atoms with Gasteiger partial charge in [0, 0.05) is 0 Å². The van der Waals surface area contributed by atoms with Crippen molar-refractivity contribution >= 4 is 38.6 Å². The summed E-state index contributed by atoms with van der Waals surface area (Å²) in [5.74, 6) is 0.560. The molecule has 0 atom stereocenters. The molecule has 4 rings (SSSR count). The van der Waals surface area contributed by atoms with Crippen LogP contribution in [0.4, 0.5) is 0 Å². The van der Waals surface area contributed by atoms with E-state index in [0.29, 0.717) is 5.92 Å². The number of halogens is 2. The average Bonchev–Trinajstić information content (AvgIpc) is 3.07. The second-order valence-electron chi connectivity index (χ2n) is 6.80. The molecule has 0 saturated carbocycles. The zero-order chi connectivity index (χ0) is 18.7. The van der Waals surface area contributed by atoms with Gasteiger partial charge < -0.3 is 0 Å². The van der Waals surface area contributed by atoms with Gasteiger partial charge in [0.25, 0.3) is 0 Å². The Bertz CT molecular complexity index is 1030. The second kappa shape index (κ2) is 8.79. The molecule has 0 unspecified atom stereocenters. The van der Waals surface area contributed by atoms with E-state index in [2.05, 4.69) is 87.5 Å². The summed E-state index contributed by atoms with van der Waals surface area (Å²) in [5.41, 5.74) is 5.44. The predicted octanol–water partition coefficient (Wildman–Crippen LogP) is 8.19. The molecule has 3 heteroatoms.